The number of aliphatic hydroxyl groups is 3. The van der Waals surface area contributed by atoms with Crippen LogP contribution in [-0.4, -0.2) is 97.5 Å². The second-order valence-corrected chi connectivity index (χ2v) is 21.6. The van der Waals surface area contributed by atoms with E-state index in [4.69, 9.17) is 18.9 Å². The van der Waals surface area contributed by atoms with Crippen LogP contribution in [0.4, 0.5) is 0 Å². The molecule has 1 heterocycles. The van der Waals surface area contributed by atoms with Crippen LogP contribution < -0.4 is 0 Å². The summed E-state index contributed by atoms with van der Waals surface area (Å²) < 4.78 is 59.4. The van der Waals surface area contributed by atoms with Crippen molar-refractivity contribution in [2.75, 3.05) is 26.4 Å². The molecule has 6 atom stereocenters. The van der Waals surface area contributed by atoms with E-state index >= 15 is 0 Å². The average Bonchev–Trinajstić information content (AvgIpc) is 3.35. The Labute approximate surface area is 435 Å². The van der Waals surface area contributed by atoms with E-state index in [-0.39, 0.29) is 19.6 Å². The Bertz CT molecular complexity index is 1330. The van der Waals surface area contributed by atoms with Crippen LogP contribution in [0.1, 0.15) is 277 Å². The molecule has 1 saturated heterocycles. The Hall–Kier alpha value is -1.42. The largest absolute Gasteiger partial charge is 0.457 e. The first kappa shape index (κ1) is 67.6. The summed E-state index contributed by atoms with van der Waals surface area (Å²) in [6.07, 6.45) is 50.8. The van der Waals surface area contributed by atoms with Crippen molar-refractivity contribution in [1.82, 2.24) is 0 Å². The molecule has 0 bridgehead atoms. The highest BCUT2D eigenvalue weighted by Gasteiger charge is 2.48. The van der Waals surface area contributed by atoms with Gasteiger partial charge in [-0.25, -0.2) is 4.18 Å². The van der Waals surface area contributed by atoms with Gasteiger partial charge in [0.2, 0.25) is 0 Å². The van der Waals surface area contributed by atoms with Crippen LogP contribution in [0.3, 0.4) is 0 Å². The molecule has 1 fully saturated rings. The number of aliphatic hydroxyl groups excluding tert-OH is 3. The van der Waals surface area contributed by atoms with Crippen LogP contribution in [0.5, 0.6) is 0 Å². The summed E-state index contributed by atoms with van der Waals surface area (Å²) in [6, 6.07) is 0. The molecule has 0 amide bonds. The summed E-state index contributed by atoms with van der Waals surface area (Å²) in [6.45, 7) is 4.03. The Morgan fingerprint density at radius 2 is 0.930 bits per heavy atom. The highest BCUT2D eigenvalue weighted by atomic mass is 32.3. The Morgan fingerprint density at radius 3 is 1.35 bits per heavy atom. The van der Waals surface area contributed by atoms with Crippen LogP contribution >= 0.6 is 0 Å². The molecule has 420 valence electrons. The number of rotatable bonds is 53. The molecule has 4 N–H and O–H groups in total. The zero-order valence-corrected chi connectivity index (χ0v) is 46.4. The molecule has 0 radical (unpaired) electrons. The molecule has 0 spiro atoms. The molecule has 0 saturated carbocycles. The Balaban J connectivity index is 2.26. The van der Waals surface area contributed by atoms with Crippen LogP contribution in [0.2, 0.25) is 0 Å². The molecular formula is C58H110O12S. The van der Waals surface area contributed by atoms with Crippen molar-refractivity contribution in [3.63, 3.8) is 0 Å². The maximum atomic E-state index is 12.9. The van der Waals surface area contributed by atoms with E-state index in [9.17, 15) is 33.1 Å². The minimum Gasteiger partial charge on any atom is -0.457 e. The molecule has 0 aromatic heterocycles. The van der Waals surface area contributed by atoms with Crippen LogP contribution in [0.25, 0.3) is 0 Å². The van der Waals surface area contributed by atoms with Crippen molar-refractivity contribution in [3.05, 3.63) is 24.3 Å². The number of hydrogen-bond acceptors (Lipinski definition) is 11. The number of carbonyl (C=O) groups excluding carboxylic acids is 1. The van der Waals surface area contributed by atoms with Gasteiger partial charge < -0.3 is 34.3 Å². The van der Waals surface area contributed by atoms with Crippen molar-refractivity contribution in [3.8, 4) is 0 Å². The smallest absolute Gasteiger partial charge is 0.397 e. The van der Waals surface area contributed by atoms with E-state index in [1.807, 2.05) is 0 Å². The third kappa shape index (κ3) is 42.5. The lowest BCUT2D eigenvalue weighted by Crippen LogP contribution is -2.60. The topological polar surface area (TPSA) is 178 Å². The number of carbonyl (C=O) groups is 1. The van der Waals surface area contributed by atoms with E-state index < -0.39 is 59.8 Å². The highest BCUT2D eigenvalue weighted by Crippen LogP contribution is 2.26. The maximum absolute atomic E-state index is 12.9. The van der Waals surface area contributed by atoms with Gasteiger partial charge in [-0.3, -0.25) is 9.35 Å². The maximum Gasteiger partial charge on any atom is 0.397 e. The Morgan fingerprint density at radius 1 is 0.535 bits per heavy atom. The second kappa shape index (κ2) is 49.5. The lowest BCUT2D eigenvalue weighted by Gasteiger charge is -2.41. The van der Waals surface area contributed by atoms with Gasteiger partial charge in [0.15, 0.2) is 6.29 Å². The van der Waals surface area contributed by atoms with E-state index in [0.717, 1.165) is 51.4 Å². The van der Waals surface area contributed by atoms with Crippen molar-refractivity contribution in [1.29, 1.82) is 0 Å². The molecule has 0 aromatic carbocycles. The SMILES string of the molecule is CCCCCC/C=C\C/C=C\CCCCCCCCCC(=O)OC(COCCCCCCCCCCCCCCCCCCCCCCCCCCCC)COC1OC(CO)C(O)C(OS(=O)(=O)O)C1O. The molecule has 0 aliphatic carbocycles. The molecule has 6 unspecified atom stereocenters. The van der Waals surface area contributed by atoms with E-state index in [0.29, 0.717) is 13.0 Å². The average molecular weight is 1030 g/mol. The van der Waals surface area contributed by atoms with Crippen molar-refractivity contribution in [2.24, 2.45) is 0 Å². The van der Waals surface area contributed by atoms with Crippen LogP contribution in [0, 0.1) is 0 Å². The molecule has 1 aliphatic heterocycles. The summed E-state index contributed by atoms with van der Waals surface area (Å²) in [5.74, 6) is -0.401. The summed E-state index contributed by atoms with van der Waals surface area (Å²) in [5.41, 5.74) is 0. The molecular weight excluding hydrogens is 921 g/mol. The lowest BCUT2D eigenvalue weighted by molar-refractivity contribution is -0.301. The van der Waals surface area contributed by atoms with E-state index in [2.05, 4.69) is 42.3 Å². The van der Waals surface area contributed by atoms with Gasteiger partial charge in [-0.15, -0.1) is 0 Å². The quantitative estimate of drug-likeness (QED) is 0.0196. The molecule has 71 heavy (non-hydrogen) atoms. The van der Waals surface area contributed by atoms with Crippen molar-refractivity contribution < 1.29 is 56.2 Å². The molecule has 1 aliphatic rings. The highest BCUT2D eigenvalue weighted by molar-refractivity contribution is 7.80. The monoisotopic (exact) mass is 1030 g/mol. The third-order valence-corrected chi connectivity index (χ3v) is 14.3. The van der Waals surface area contributed by atoms with Crippen molar-refractivity contribution in [2.45, 2.75) is 314 Å². The van der Waals surface area contributed by atoms with E-state index in [1.54, 1.807) is 0 Å². The predicted octanol–water partition coefficient (Wildman–Crippen LogP) is 14.7. The molecule has 13 heteroatoms. The predicted molar refractivity (Wildman–Crippen MR) is 290 cm³/mol. The minimum atomic E-state index is -5.07. The molecule has 0 aromatic rings. The normalized spacial score (nSPS) is 19.1. The number of ether oxygens (including phenoxy) is 4. The summed E-state index contributed by atoms with van der Waals surface area (Å²) in [5, 5.41) is 30.8. The van der Waals surface area contributed by atoms with Gasteiger partial charge in [-0.05, 0) is 44.9 Å². The zero-order valence-electron chi connectivity index (χ0n) is 45.6. The van der Waals surface area contributed by atoms with Gasteiger partial charge in [-0.2, -0.15) is 8.42 Å². The summed E-state index contributed by atoms with van der Waals surface area (Å²) >= 11 is 0. The van der Waals surface area contributed by atoms with Gasteiger partial charge in [0.1, 0.15) is 30.5 Å². The first-order valence-electron chi connectivity index (χ1n) is 29.6. The van der Waals surface area contributed by atoms with Gasteiger partial charge in [0.25, 0.3) is 0 Å². The third-order valence-electron chi connectivity index (χ3n) is 13.8. The molecule has 12 nitrogen and oxygen atoms in total. The fourth-order valence-corrected chi connectivity index (χ4v) is 9.86. The van der Waals surface area contributed by atoms with Gasteiger partial charge in [-0.1, -0.05) is 250 Å². The fourth-order valence-electron chi connectivity index (χ4n) is 9.35. The first-order valence-corrected chi connectivity index (χ1v) is 31.0. The summed E-state index contributed by atoms with van der Waals surface area (Å²) in [7, 11) is -5.07. The van der Waals surface area contributed by atoms with Gasteiger partial charge >= 0.3 is 16.4 Å². The van der Waals surface area contributed by atoms with Gasteiger partial charge in [0.05, 0.1) is 19.8 Å². The fraction of sp³-hybridized carbons (Fsp3) is 0.914. The zero-order chi connectivity index (χ0) is 51.7. The van der Waals surface area contributed by atoms with Crippen LogP contribution in [0.15, 0.2) is 24.3 Å². The summed E-state index contributed by atoms with van der Waals surface area (Å²) in [4.78, 5) is 12.9. The van der Waals surface area contributed by atoms with Crippen LogP contribution in [-0.2, 0) is 38.3 Å². The second-order valence-electron chi connectivity index (χ2n) is 20.6. The van der Waals surface area contributed by atoms with E-state index in [1.165, 1.54) is 199 Å². The van der Waals surface area contributed by atoms with Crippen molar-refractivity contribution >= 4 is 16.4 Å². The standard InChI is InChI=1S/C58H110O12S/c1-3-5-7-9-11-13-15-17-19-21-23-24-25-26-27-28-29-30-32-34-36-38-40-42-44-46-48-66-50-52(51-67-58-56(62)57(70-71(63,64)65)55(61)53(49-59)69-58)68-54(60)47-45-43-41-39-37-35-33-31-22-20-18-16-14-12-10-8-6-4-2/h14,16,20,22,52-53,55-59,61-62H,3-13,15,17-19,21,23-51H2,1-2H3,(H,63,64,65)/b16-14-,22-20-. The minimum absolute atomic E-state index is 0.0377. The lowest BCUT2D eigenvalue weighted by atomic mass is 9.99. The first-order chi connectivity index (χ1) is 34.6. The number of unbranched alkanes of at least 4 members (excludes halogenated alkanes) is 36. The molecule has 1 rings (SSSR count). The number of hydrogen-bond donors (Lipinski definition) is 4. The van der Waals surface area contributed by atoms with Gasteiger partial charge in [0, 0.05) is 13.0 Å². The number of esters is 1. The number of allylic oxidation sites excluding steroid dienone is 4. The Kier molecular flexibility index (Phi) is 47.1.